The number of carbonyl (C=O) groups excluding carboxylic acids is 1. The quantitative estimate of drug-likeness (QED) is 0.181. The normalized spacial score (nSPS) is 14.7. The highest BCUT2D eigenvalue weighted by atomic mass is 35.5. The number of benzene rings is 5. The van der Waals surface area contributed by atoms with Crippen molar-refractivity contribution in [3.05, 3.63) is 148 Å². The van der Waals surface area contributed by atoms with E-state index in [4.69, 9.17) is 27.9 Å². The zero-order valence-corrected chi connectivity index (χ0v) is 26.8. The molecule has 1 N–H and O–H groups in total. The van der Waals surface area contributed by atoms with Crippen LogP contribution in [-0.4, -0.2) is 21.4 Å². The van der Waals surface area contributed by atoms with E-state index in [2.05, 4.69) is 9.62 Å². The minimum Gasteiger partial charge on any atom is -0.497 e. The summed E-state index contributed by atoms with van der Waals surface area (Å²) < 4.78 is 34.9. The molecule has 5 aromatic carbocycles. The standard InChI is InChI=1S/C35H29Cl2N3O4S/c1-23-8-13-27(14-9-23)40-34(25-10-18-31(36)32(37)20-25)39(22-24-6-4-3-5-7-24)33-19-17-29(21-30(33)35(40)41)45(42,43)38-26-11-15-28(44-2)16-12-26/h3-21,34,38H,22H2,1-2H3/t34-/m1/s1. The van der Waals surface area contributed by atoms with E-state index in [-0.39, 0.29) is 16.4 Å². The molecule has 0 fully saturated rings. The minimum absolute atomic E-state index is 0.0399. The van der Waals surface area contributed by atoms with Crippen LogP contribution in [0, 0.1) is 6.92 Å². The predicted octanol–water partition coefficient (Wildman–Crippen LogP) is 8.48. The number of hydrogen-bond acceptors (Lipinski definition) is 5. The molecule has 1 atom stereocenters. The van der Waals surface area contributed by atoms with E-state index >= 15 is 0 Å². The lowest BCUT2D eigenvalue weighted by Crippen LogP contribution is -2.49. The Morgan fingerprint density at radius 2 is 1.53 bits per heavy atom. The molecular formula is C35H29Cl2N3O4S. The Morgan fingerprint density at radius 3 is 2.20 bits per heavy atom. The Kier molecular flexibility index (Phi) is 8.46. The van der Waals surface area contributed by atoms with E-state index < -0.39 is 16.2 Å². The monoisotopic (exact) mass is 657 g/mol. The summed E-state index contributed by atoms with van der Waals surface area (Å²) in [5.74, 6) is 0.249. The minimum atomic E-state index is -4.04. The molecule has 0 spiro atoms. The van der Waals surface area contributed by atoms with Gasteiger partial charge in [-0.05, 0) is 84.8 Å². The summed E-state index contributed by atoms with van der Waals surface area (Å²) in [6, 6.07) is 34.1. The van der Waals surface area contributed by atoms with Crippen LogP contribution in [0.2, 0.25) is 10.0 Å². The molecule has 1 heterocycles. The zero-order valence-electron chi connectivity index (χ0n) is 24.4. The highest BCUT2D eigenvalue weighted by Gasteiger charge is 2.40. The Balaban J connectivity index is 1.51. The number of hydrogen-bond donors (Lipinski definition) is 1. The molecule has 45 heavy (non-hydrogen) atoms. The molecule has 0 unspecified atom stereocenters. The summed E-state index contributed by atoms with van der Waals surface area (Å²) in [5.41, 5.74) is 4.64. The van der Waals surface area contributed by atoms with E-state index in [0.717, 1.165) is 16.7 Å². The fraction of sp³-hybridized carbons (Fsp3) is 0.114. The summed E-state index contributed by atoms with van der Waals surface area (Å²) in [5, 5.41) is 0.764. The maximum atomic E-state index is 14.6. The van der Waals surface area contributed by atoms with Crippen molar-refractivity contribution >= 4 is 56.2 Å². The molecule has 0 bridgehead atoms. The maximum Gasteiger partial charge on any atom is 0.262 e. The molecule has 1 aliphatic rings. The van der Waals surface area contributed by atoms with Crippen LogP contribution in [-0.2, 0) is 16.6 Å². The van der Waals surface area contributed by atoms with Gasteiger partial charge in [0.05, 0.1) is 33.3 Å². The highest BCUT2D eigenvalue weighted by Crippen LogP contribution is 2.44. The average molecular weight is 659 g/mol. The lowest BCUT2D eigenvalue weighted by atomic mass is 9.99. The van der Waals surface area contributed by atoms with Gasteiger partial charge < -0.3 is 9.64 Å². The van der Waals surface area contributed by atoms with Crippen molar-refractivity contribution in [1.82, 2.24) is 0 Å². The molecule has 1 amide bonds. The van der Waals surface area contributed by atoms with Gasteiger partial charge in [-0.3, -0.25) is 14.4 Å². The maximum absolute atomic E-state index is 14.6. The molecule has 1 aliphatic heterocycles. The van der Waals surface area contributed by atoms with Crippen LogP contribution in [0.4, 0.5) is 17.1 Å². The fourth-order valence-electron chi connectivity index (χ4n) is 5.41. The van der Waals surface area contributed by atoms with Crippen molar-refractivity contribution in [2.45, 2.75) is 24.5 Å². The molecule has 0 saturated heterocycles. The van der Waals surface area contributed by atoms with Crippen LogP contribution in [0.3, 0.4) is 0 Å². The zero-order chi connectivity index (χ0) is 31.7. The van der Waals surface area contributed by atoms with Crippen LogP contribution in [0.5, 0.6) is 5.75 Å². The van der Waals surface area contributed by atoms with Gasteiger partial charge in [-0.15, -0.1) is 0 Å². The number of nitrogens with one attached hydrogen (secondary N) is 1. The van der Waals surface area contributed by atoms with Gasteiger partial charge in [0, 0.05) is 17.9 Å². The molecule has 0 saturated carbocycles. The number of methoxy groups -OCH3 is 1. The van der Waals surface area contributed by atoms with Gasteiger partial charge in [0.1, 0.15) is 11.9 Å². The van der Waals surface area contributed by atoms with E-state index in [1.54, 1.807) is 47.4 Å². The number of halogens is 2. The number of fused-ring (bicyclic) bond motifs is 1. The number of aryl methyl sites for hydroxylation is 1. The molecule has 0 aromatic heterocycles. The van der Waals surface area contributed by atoms with Crippen LogP contribution < -0.4 is 19.3 Å². The Bertz CT molecular complexity index is 1970. The molecule has 10 heteroatoms. The molecule has 6 rings (SSSR count). The first-order chi connectivity index (χ1) is 21.6. The third-order valence-electron chi connectivity index (χ3n) is 7.67. The Morgan fingerprint density at radius 1 is 0.822 bits per heavy atom. The van der Waals surface area contributed by atoms with Crippen molar-refractivity contribution in [3.8, 4) is 5.75 Å². The van der Waals surface area contributed by atoms with Gasteiger partial charge in [0.15, 0.2) is 0 Å². The van der Waals surface area contributed by atoms with Gasteiger partial charge in [-0.25, -0.2) is 8.42 Å². The van der Waals surface area contributed by atoms with Crippen LogP contribution >= 0.6 is 23.2 Å². The van der Waals surface area contributed by atoms with Crippen molar-refractivity contribution in [1.29, 1.82) is 0 Å². The predicted molar refractivity (Wildman–Crippen MR) is 180 cm³/mol. The fourth-order valence-corrected chi connectivity index (χ4v) is 6.80. The summed E-state index contributed by atoms with van der Waals surface area (Å²) >= 11 is 12.8. The molecule has 7 nitrogen and oxygen atoms in total. The molecule has 0 aliphatic carbocycles. The van der Waals surface area contributed by atoms with Gasteiger partial charge in [0.2, 0.25) is 0 Å². The average Bonchev–Trinajstić information content (AvgIpc) is 3.04. The van der Waals surface area contributed by atoms with E-state index in [1.165, 1.54) is 19.2 Å². The summed E-state index contributed by atoms with van der Waals surface area (Å²) in [6.45, 7) is 2.40. The van der Waals surface area contributed by atoms with Crippen molar-refractivity contribution in [2.24, 2.45) is 0 Å². The number of anilines is 3. The topological polar surface area (TPSA) is 78.9 Å². The number of nitrogens with zero attached hydrogens (tertiary/aromatic N) is 2. The van der Waals surface area contributed by atoms with Crippen LogP contribution in [0.15, 0.2) is 120 Å². The van der Waals surface area contributed by atoms with Gasteiger partial charge in [-0.1, -0.05) is 77.3 Å². The smallest absolute Gasteiger partial charge is 0.262 e. The lowest BCUT2D eigenvalue weighted by molar-refractivity contribution is 0.0968. The van der Waals surface area contributed by atoms with Crippen LogP contribution in [0.1, 0.15) is 33.2 Å². The third kappa shape index (κ3) is 6.22. The summed E-state index contributed by atoms with van der Waals surface area (Å²) in [6.07, 6.45) is -0.623. The summed E-state index contributed by atoms with van der Waals surface area (Å²) in [4.78, 5) is 18.3. The first-order valence-corrected chi connectivity index (χ1v) is 16.4. The number of sulfonamides is 1. The number of rotatable bonds is 8. The molecule has 0 radical (unpaired) electrons. The number of carbonyl (C=O) groups is 1. The second-order valence-corrected chi connectivity index (χ2v) is 13.2. The lowest BCUT2D eigenvalue weighted by Gasteiger charge is -2.46. The highest BCUT2D eigenvalue weighted by molar-refractivity contribution is 7.92. The second kappa shape index (κ2) is 12.5. The van der Waals surface area contributed by atoms with E-state index in [1.807, 2.05) is 67.6 Å². The Hall–Kier alpha value is -4.50. The van der Waals surface area contributed by atoms with Crippen LogP contribution in [0.25, 0.3) is 0 Å². The molecule has 228 valence electrons. The molecule has 5 aromatic rings. The van der Waals surface area contributed by atoms with E-state index in [0.29, 0.717) is 39.4 Å². The first kappa shape index (κ1) is 30.5. The van der Waals surface area contributed by atoms with Gasteiger partial charge in [0.25, 0.3) is 15.9 Å². The molecular weight excluding hydrogens is 629 g/mol. The van der Waals surface area contributed by atoms with Crippen molar-refractivity contribution < 1.29 is 17.9 Å². The van der Waals surface area contributed by atoms with E-state index in [9.17, 15) is 13.2 Å². The SMILES string of the molecule is COc1ccc(NS(=O)(=O)c2ccc3c(c2)C(=O)N(c2ccc(C)cc2)[C@H](c2ccc(Cl)c(Cl)c2)N3Cc2ccccc2)cc1. The van der Waals surface area contributed by atoms with Crippen molar-refractivity contribution in [2.75, 3.05) is 21.6 Å². The summed E-state index contributed by atoms with van der Waals surface area (Å²) in [7, 11) is -2.50. The Labute approximate surface area is 272 Å². The van der Waals surface area contributed by atoms with Gasteiger partial charge in [-0.2, -0.15) is 0 Å². The third-order valence-corrected chi connectivity index (χ3v) is 9.79. The second-order valence-electron chi connectivity index (χ2n) is 10.7. The first-order valence-electron chi connectivity index (χ1n) is 14.1. The largest absolute Gasteiger partial charge is 0.497 e. The number of ether oxygens (including phenoxy) is 1. The number of amides is 1. The van der Waals surface area contributed by atoms with Gasteiger partial charge >= 0.3 is 0 Å². The van der Waals surface area contributed by atoms with Crippen molar-refractivity contribution in [3.63, 3.8) is 0 Å².